The maximum atomic E-state index is 18.2. The molecule has 0 aliphatic carbocycles. The predicted octanol–water partition coefficient (Wildman–Crippen LogP) is 8.09. The van der Waals surface area contributed by atoms with Crippen molar-refractivity contribution in [1.29, 1.82) is 0 Å². The fraction of sp³-hybridized carbons (Fsp3) is 0.463. The number of hydrogen-bond acceptors (Lipinski definition) is 9. The first-order valence-electron chi connectivity index (χ1n) is 19.0. The summed E-state index contributed by atoms with van der Waals surface area (Å²) in [6.45, 7) is 14.1. The van der Waals surface area contributed by atoms with Crippen molar-refractivity contribution < 1.29 is 27.1 Å². The van der Waals surface area contributed by atoms with Gasteiger partial charge in [-0.1, -0.05) is 31.5 Å². The Labute approximate surface area is 331 Å². The van der Waals surface area contributed by atoms with Crippen molar-refractivity contribution in [3.63, 3.8) is 0 Å². The molecule has 2 aliphatic heterocycles. The van der Waals surface area contributed by atoms with Crippen LogP contribution in [-0.2, 0) is 19.3 Å². The molecule has 0 spiro atoms. The Balaban J connectivity index is 1.54. The number of fused-ring (bicyclic) bond motifs is 2. The summed E-state index contributed by atoms with van der Waals surface area (Å²) >= 11 is 7.20. The Bertz CT molecular complexity index is 2550. The van der Waals surface area contributed by atoms with Crippen LogP contribution >= 0.6 is 11.6 Å². The lowest BCUT2D eigenvalue weighted by Crippen LogP contribution is -2.50. The monoisotopic (exact) mass is 806 g/mol. The summed E-state index contributed by atoms with van der Waals surface area (Å²) < 4.78 is 60.6. The van der Waals surface area contributed by atoms with E-state index in [1.807, 2.05) is 37.6 Å². The number of pyridine rings is 2. The van der Waals surface area contributed by atoms with Crippen molar-refractivity contribution in [3.8, 4) is 16.8 Å². The first-order chi connectivity index (χ1) is 26.4. The van der Waals surface area contributed by atoms with Crippen LogP contribution in [0.1, 0.15) is 82.8 Å². The Kier molecular flexibility index (Phi) is 10.5. The van der Waals surface area contributed by atoms with Gasteiger partial charge in [0.05, 0.1) is 39.3 Å². The number of sulfone groups is 1. The van der Waals surface area contributed by atoms with E-state index in [-0.39, 0.29) is 65.5 Å². The zero-order chi connectivity index (χ0) is 40.4. The number of anilines is 1. The van der Waals surface area contributed by atoms with Crippen molar-refractivity contribution in [2.75, 3.05) is 43.9 Å². The maximum Gasteiger partial charge on any atom is 0.410 e. The van der Waals surface area contributed by atoms with E-state index < -0.39 is 37.8 Å². The summed E-state index contributed by atoms with van der Waals surface area (Å²) in [7, 11) is -4.26. The SMILES string of the molecule is Cc1ccnc(C(C)C)c1-n1c(=O)c(S(C)(=O)=O)c(N2CCN(C(=O)OC(C)(C)C)CC2)c2cc(Cl)c(-c3c(C)ccc4c3cnn4C3CCCCO3)c(F)c21. The van der Waals surface area contributed by atoms with Crippen LogP contribution < -0.4 is 10.5 Å². The summed E-state index contributed by atoms with van der Waals surface area (Å²) in [5, 5.41) is 5.51. The van der Waals surface area contributed by atoms with Gasteiger partial charge in [0.25, 0.3) is 5.56 Å². The molecule has 15 heteroatoms. The molecule has 0 radical (unpaired) electrons. The minimum absolute atomic E-state index is 0.0255. The van der Waals surface area contributed by atoms with Crippen LogP contribution in [0, 0.1) is 19.7 Å². The largest absolute Gasteiger partial charge is 0.444 e. The first kappa shape index (κ1) is 39.7. The van der Waals surface area contributed by atoms with E-state index in [4.69, 9.17) is 26.2 Å². The molecular formula is C41H48ClFN6O6S. The fourth-order valence-corrected chi connectivity index (χ4v) is 9.24. The van der Waals surface area contributed by atoms with Crippen LogP contribution in [0.3, 0.4) is 0 Å². The van der Waals surface area contributed by atoms with Gasteiger partial charge in [-0.2, -0.15) is 5.10 Å². The molecule has 2 fully saturated rings. The predicted molar refractivity (Wildman–Crippen MR) is 217 cm³/mol. The summed E-state index contributed by atoms with van der Waals surface area (Å²) in [5.41, 5.74) is 1.69. The van der Waals surface area contributed by atoms with Crippen molar-refractivity contribution in [2.24, 2.45) is 0 Å². The zero-order valence-electron chi connectivity index (χ0n) is 33.1. The molecule has 0 N–H and O–H groups in total. The van der Waals surface area contributed by atoms with Crippen LogP contribution in [0.2, 0.25) is 5.02 Å². The fourth-order valence-electron chi connectivity index (χ4n) is 7.96. The molecule has 1 atom stereocenters. The van der Waals surface area contributed by atoms with Gasteiger partial charge in [-0.05, 0) is 89.1 Å². The second kappa shape index (κ2) is 14.8. The third-order valence-electron chi connectivity index (χ3n) is 10.5. The molecule has 12 nitrogen and oxygen atoms in total. The van der Waals surface area contributed by atoms with Crippen LogP contribution in [0.4, 0.5) is 14.9 Å². The van der Waals surface area contributed by atoms with Crippen LogP contribution in [0.15, 0.2) is 46.3 Å². The quantitative estimate of drug-likeness (QED) is 0.167. The highest BCUT2D eigenvalue weighted by Crippen LogP contribution is 2.45. The number of aromatic nitrogens is 4. The van der Waals surface area contributed by atoms with Gasteiger partial charge in [0.1, 0.15) is 5.60 Å². The van der Waals surface area contributed by atoms with Gasteiger partial charge in [-0.3, -0.25) is 14.3 Å². The topological polar surface area (TPSA) is 129 Å². The van der Waals surface area contributed by atoms with Crippen LogP contribution in [0.25, 0.3) is 38.6 Å². The van der Waals surface area contributed by atoms with Gasteiger partial charge in [-0.25, -0.2) is 22.3 Å². The van der Waals surface area contributed by atoms with Crippen molar-refractivity contribution in [2.45, 2.75) is 90.4 Å². The second-order valence-corrected chi connectivity index (χ2v) is 18.5. The third kappa shape index (κ3) is 7.04. The van der Waals surface area contributed by atoms with Crippen molar-refractivity contribution >= 4 is 55.0 Å². The molecular weight excluding hydrogens is 759 g/mol. The Morgan fingerprint density at radius 1 is 1.02 bits per heavy atom. The molecule has 5 heterocycles. The molecule has 2 aromatic carbocycles. The molecule has 0 bridgehead atoms. The van der Waals surface area contributed by atoms with Crippen LogP contribution in [-0.4, -0.2) is 83.4 Å². The number of piperazine rings is 1. The molecule has 0 saturated carbocycles. The molecule has 3 aromatic heterocycles. The number of carbonyl (C=O) groups excluding carboxylic acids is 1. The third-order valence-corrected chi connectivity index (χ3v) is 11.9. The lowest BCUT2D eigenvalue weighted by atomic mass is 9.94. The lowest BCUT2D eigenvalue weighted by Gasteiger charge is -2.38. The Hall–Kier alpha value is -4.53. The Morgan fingerprint density at radius 3 is 2.36 bits per heavy atom. The maximum absolute atomic E-state index is 18.2. The van der Waals surface area contributed by atoms with Gasteiger partial charge in [0.15, 0.2) is 26.8 Å². The molecule has 1 unspecified atom stereocenters. The number of nitrogens with zero attached hydrogens (tertiary/aromatic N) is 6. The number of hydrogen-bond donors (Lipinski definition) is 0. The molecule has 7 rings (SSSR count). The highest BCUT2D eigenvalue weighted by Gasteiger charge is 2.35. The zero-order valence-corrected chi connectivity index (χ0v) is 34.6. The highest BCUT2D eigenvalue weighted by atomic mass is 35.5. The van der Waals surface area contributed by atoms with Gasteiger partial charge < -0.3 is 19.3 Å². The summed E-state index contributed by atoms with van der Waals surface area (Å²) in [5.74, 6) is -1.01. The molecule has 5 aromatic rings. The highest BCUT2D eigenvalue weighted by molar-refractivity contribution is 7.90. The van der Waals surface area contributed by atoms with E-state index in [2.05, 4.69) is 4.98 Å². The molecule has 2 saturated heterocycles. The van der Waals surface area contributed by atoms with E-state index in [0.717, 1.165) is 36.6 Å². The normalized spacial score (nSPS) is 17.0. The van der Waals surface area contributed by atoms with E-state index in [1.165, 1.54) is 9.47 Å². The summed E-state index contributed by atoms with van der Waals surface area (Å²) in [6.07, 6.45) is 6.26. The minimum atomic E-state index is -4.26. The van der Waals surface area contributed by atoms with Crippen molar-refractivity contribution in [3.05, 3.63) is 74.7 Å². The molecule has 2 aliphatic rings. The lowest BCUT2D eigenvalue weighted by molar-refractivity contribution is -0.0366. The standard InChI is InChI=1S/C41H48ClFN6O6S/c1-23(2)34-35(25(4)14-15-44-34)48-36-26(37(38(39(48)50)56(8,52)53)46-16-18-47(19-17-46)40(51)55-41(5,6)7)21-28(42)32(33(36)43)31-24(3)12-13-29-27(31)22-45-49(29)30-11-9-10-20-54-30/h12-15,21-23,30H,9-11,16-20H2,1-8H3. The number of benzene rings is 2. The summed E-state index contributed by atoms with van der Waals surface area (Å²) in [6, 6.07) is 7.09. The van der Waals surface area contributed by atoms with Gasteiger partial charge in [0, 0.05) is 67.1 Å². The molecule has 298 valence electrons. The second-order valence-electron chi connectivity index (χ2n) is 16.1. The Morgan fingerprint density at radius 2 is 1.73 bits per heavy atom. The number of carbonyl (C=O) groups is 1. The number of ether oxygens (including phenoxy) is 2. The first-order valence-corrected chi connectivity index (χ1v) is 21.2. The molecule has 56 heavy (non-hydrogen) atoms. The summed E-state index contributed by atoms with van der Waals surface area (Å²) in [4.78, 5) is 35.5. The average Bonchev–Trinajstić information content (AvgIpc) is 3.56. The van der Waals surface area contributed by atoms with E-state index in [1.54, 1.807) is 57.1 Å². The minimum Gasteiger partial charge on any atom is -0.444 e. The number of rotatable bonds is 6. The van der Waals surface area contributed by atoms with E-state index in [0.29, 0.717) is 34.5 Å². The number of halogens is 2. The average molecular weight is 807 g/mol. The molecule has 1 amide bonds. The van der Waals surface area contributed by atoms with Gasteiger partial charge in [0.2, 0.25) is 0 Å². The van der Waals surface area contributed by atoms with Gasteiger partial charge in [-0.15, -0.1) is 0 Å². The number of amides is 1. The number of aryl methyl sites for hydroxylation is 2. The van der Waals surface area contributed by atoms with Crippen molar-refractivity contribution in [1.82, 2.24) is 24.2 Å². The van der Waals surface area contributed by atoms with E-state index in [9.17, 15) is 13.2 Å². The van der Waals surface area contributed by atoms with Gasteiger partial charge >= 0.3 is 6.09 Å². The van der Waals surface area contributed by atoms with Crippen LogP contribution in [0.5, 0.6) is 0 Å². The smallest absolute Gasteiger partial charge is 0.410 e. The van der Waals surface area contributed by atoms with E-state index >= 15 is 9.18 Å².